The number of methoxy groups -OCH3 is 1. The molecule has 0 spiro atoms. The molecule has 1 aromatic heterocycles. The number of rotatable bonds is 3. The van der Waals surface area contributed by atoms with Gasteiger partial charge >= 0.3 is 0 Å². The lowest BCUT2D eigenvalue weighted by molar-refractivity contribution is 0.415. The van der Waals surface area contributed by atoms with Crippen LogP contribution in [0.25, 0.3) is 10.9 Å². The molecule has 0 unspecified atom stereocenters. The zero-order chi connectivity index (χ0) is 15.7. The van der Waals surface area contributed by atoms with Gasteiger partial charge in [0, 0.05) is 28.5 Å². The van der Waals surface area contributed by atoms with Gasteiger partial charge in [-0.15, -0.1) is 0 Å². The number of nitrogens with one attached hydrogen (secondary N) is 1. The monoisotopic (exact) mass is 292 g/mol. The largest absolute Gasteiger partial charge is 0.497 e. The average Bonchev–Trinajstić information content (AvgIpc) is 2.49. The van der Waals surface area contributed by atoms with Gasteiger partial charge in [-0.2, -0.15) is 0 Å². The molecule has 2 aromatic carbocycles. The van der Waals surface area contributed by atoms with E-state index < -0.39 is 0 Å². The van der Waals surface area contributed by atoms with Gasteiger partial charge in [-0.25, -0.2) is 0 Å². The van der Waals surface area contributed by atoms with Crippen LogP contribution in [0.2, 0.25) is 0 Å². The molecule has 112 valence electrons. The van der Waals surface area contributed by atoms with Gasteiger partial charge in [0.1, 0.15) is 5.75 Å². The molecular formula is C19H20N2O. The number of ether oxygens (including phenoxy) is 1. The van der Waals surface area contributed by atoms with Gasteiger partial charge in [-0.1, -0.05) is 17.7 Å². The van der Waals surface area contributed by atoms with Crippen molar-refractivity contribution in [1.29, 1.82) is 0 Å². The second-order valence-electron chi connectivity index (χ2n) is 5.65. The Balaban J connectivity index is 2.13. The van der Waals surface area contributed by atoms with Crippen molar-refractivity contribution in [1.82, 2.24) is 4.98 Å². The minimum Gasteiger partial charge on any atom is -0.497 e. The van der Waals surface area contributed by atoms with Crippen LogP contribution in [0.3, 0.4) is 0 Å². The van der Waals surface area contributed by atoms with Crippen LogP contribution in [0.5, 0.6) is 5.75 Å². The van der Waals surface area contributed by atoms with E-state index in [0.717, 1.165) is 33.7 Å². The van der Waals surface area contributed by atoms with E-state index in [1.807, 2.05) is 31.2 Å². The van der Waals surface area contributed by atoms with Crippen molar-refractivity contribution in [3.05, 3.63) is 59.3 Å². The minimum atomic E-state index is 0.840. The van der Waals surface area contributed by atoms with Gasteiger partial charge in [-0.05, 0) is 50.6 Å². The lowest BCUT2D eigenvalue weighted by Crippen LogP contribution is -1.97. The first-order valence-electron chi connectivity index (χ1n) is 7.36. The molecule has 0 aliphatic carbocycles. The Labute approximate surface area is 131 Å². The van der Waals surface area contributed by atoms with Crippen LogP contribution in [0.1, 0.15) is 16.8 Å². The molecule has 0 saturated heterocycles. The molecule has 0 saturated carbocycles. The Morgan fingerprint density at radius 2 is 1.82 bits per heavy atom. The summed E-state index contributed by atoms with van der Waals surface area (Å²) in [5.41, 5.74) is 6.57. The van der Waals surface area contributed by atoms with Crippen LogP contribution in [-0.2, 0) is 0 Å². The maximum Gasteiger partial charge on any atom is 0.120 e. The summed E-state index contributed by atoms with van der Waals surface area (Å²) in [7, 11) is 1.68. The zero-order valence-electron chi connectivity index (χ0n) is 13.4. The Hall–Kier alpha value is -2.55. The maximum absolute atomic E-state index is 5.29. The first-order chi connectivity index (χ1) is 10.6. The third kappa shape index (κ3) is 2.75. The molecular weight excluding hydrogens is 272 g/mol. The first-order valence-corrected chi connectivity index (χ1v) is 7.36. The van der Waals surface area contributed by atoms with Gasteiger partial charge in [0.25, 0.3) is 0 Å². The smallest absolute Gasteiger partial charge is 0.120 e. The Kier molecular flexibility index (Phi) is 3.72. The molecule has 0 aliphatic heterocycles. The number of anilines is 2. The van der Waals surface area contributed by atoms with Crippen LogP contribution < -0.4 is 10.1 Å². The van der Waals surface area contributed by atoms with E-state index >= 15 is 0 Å². The lowest BCUT2D eigenvalue weighted by atomic mass is 10.0. The van der Waals surface area contributed by atoms with E-state index in [9.17, 15) is 0 Å². The molecule has 1 N–H and O–H groups in total. The summed E-state index contributed by atoms with van der Waals surface area (Å²) in [6.45, 7) is 6.24. The van der Waals surface area contributed by atoms with Crippen molar-refractivity contribution in [2.45, 2.75) is 20.8 Å². The number of aromatic nitrogens is 1. The van der Waals surface area contributed by atoms with Gasteiger partial charge in [0.15, 0.2) is 0 Å². The van der Waals surface area contributed by atoms with E-state index in [2.05, 4.69) is 42.3 Å². The molecule has 0 atom stereocenters. The lowest BCUT2D eigenvalue weighted by Gasteiger charge is -2.13. The summed E-state index contributed by atoms with van der Waals surface area (Å²) in [6, 6.07) is 14.4. The topological polar surface area (TPSA) is 34.1 Å². The molecule has 0 aliphatic rings. The van der Waals surface area contributed by atoms with Crippen LogP contribution >= 0.6 is 0 Å². The predicted octanol–water partition coefficient (Wildman–Crippen LogP) is 4.91. The predicted molar refractivity (Wildman–Crippen MR) is 92.2 cm³/mol. The van der Waals surface area contributed by atoms with Crippen LogP contribution in [0.15, 0.2) is 42.5 Å². The normalized spacial score (nSPS) is 10.7. The summed E-state index contributed by atoms with van der Waals surface area (Å²) >= 11 is 0. The van der Waals surface area contributed by atoms with Crippen molar-refractivity contribution < 1.29 is 4.74 Å². The fourth-order valence-corrected chi connectivity index (χ4v) is 2.77. The molecule has 1 heterocycles. The number of hydrogen-bond donors (Lipinski definition) is 1. The molecule has 0 fully saturated rings. The zero-order valence-corrected chi connectivity index (χ0v) is 13.4. The quantitative estimate of drug-likeness (QED) is 0.744. The molecule has 3 aromatic rings. The summed E-state index contributed by atoms with van der Waals surface area (Å²) in [5, 5.41) is 4.64. The van der Waals surface area contributed by atoms with E-state index in [1.54, 1.807) is 7.11 Å². The first kappa shape index (κ1) is 14.4. The second kappa shape index (κ2) is 5.68. The fraction of sp³-hybridized carbons (Fsp3) is 0.211. The highest BCUT2D eigenvalue weighted by Crippen LogP contribution is 2.30. The summed E-state index contributed by atoms with van der Waals surface area (Å²) in [5.74, 6) is 0.840. The molecule has 3 rings (SSSR count). The number of nitrogens with zero attached hydrogens (tertiary/aromatic N) is 1. The van der Waals surface area contributed by atoms with E-state index in [-0.39, 0.29) is 0 Å². The molecule has 22 heavy (non-hydrogen) atoms. The summed E-state index contributed by atoms with van der Waals surface area (Å²) < 4.78 is 5.29. The average molecular weight is 292 g/mol. The standard InChI is InChI=1S/C19H20N2O/c1-12-8-13(2)19-17(9-12)18(10-14(3)20-19)21-15-6-5-7-16(11-15)22-4/h5-11H,1-4H3,(H,20,21). The van der Waals surface area contributed by atoms with Gasteiger partial charge in [0.05, 0.1) is 12.6 Å². The Morgan fingerprint density at radius 3 is 2.59 bits per heavy atom. The van der Waals surface area contributed by atoms with Crippen molar-refractivity contribution in [3.63, 3.8) is 0 Å². The molecule has 0 radical (unpaired) electrons. The maximum atomic E-state index is 5.29. The summed E-state index contributed by atoms with van der Waals surface area (Å²) in [4.78, 5) is 4.69. The molecule has 3 heteroatoms. The number of fused-ring (bicyclic) bond motifs is 1. The van der Waals surface area contributed by atoms with Gasteiger partial charge < -0.3 is 10.1 Å². The third-order valence-corrected chi connectivity index (χ3v) is 3.73. The SMILES string of the molecule is COc1cccc(Nc2cc(C)nc3c(C)cc(C)cc23)c1. The minimum absolute atomic E-state index is 0.840. The number of aryl methyl sites for hydroxylation is 3. The number of hydrogen-bond acceptors (Lipinski definition) is 3. The van der Waals surface area contributed by atoms with E-state index in [0.29, 0.717) is 0 Å². The van der Waals surface area contributed by atoms with Crippen molar-refractivity contribution in [3.8, 4) is 5.75 Å². The second-order valence-corrected chi connectivity index (χ2v) is 5.65. The highest BCUT2D eigenvalue weighted by molar-refractivity contribution is 5.95. The van der Waals surface area contributed by atoms with Gasteiger partial charge in [-0.3, -0.25) is 4.98 Å². The van der Waals surface area contributed by atoms with Crippen LogP contribution in [0.4, 0.5) is 11.4 Å². The highest BCUT2D eigenvalue weighted by Gasteiger charge is 2.08. The Morgan fingerprint density at radius 1 is 1.00 bits per heavy atom. The molecule has 3 nitrogen and oxygen atoms in total. The van der Waals surface area contributed by atoms with E-state index in [1.165, 1.54) is 11.1 Å². The third-order valence-electron chi connectivity index (χ3n) is 3.73. The van der Waals surface area contributed by atoms with Crippen LogP contribution in [-0.4, -0.2) is 12.1 Å². The Bertz CT molecular complexity index is 840. The van der Waals surface area contributed by atoms with Gasteiger partial charge in [0.2, 0.25) is 0 Å². The molecule has 0 bridgehead atoms. The highest BCUT2D eigenvalue weighted by atomic mass is 16.5. The van der Waals surface area contributed by atoms with Crippen molar-refractivity contribution in [2.24, 2.45) is 0 Å². The fourth-order valence-electron chi connectivity index (χ4n) is 2.77. The number of pyridine rings is 1. The summed E-state index contributed by atoms with van der Waals surface area (Å²) in [6.07, 6.45) is 0. The molecule has 0 amide bonds. The van der Waals surface area contributed by atoms with Crippen LogP contribution in [0, 0.1) is 20.8 Å². The number of benzene rings is 2. The van der Waals surface area contributed by atoms with Crippen molar-refractivity contribution >= 4 is 22.3 Å². The van der Waals surface area contributed by atoms with Crippen molar-refractivity contribution in [2.75, 3.05) is 12.4 Å². The van der Waals surface area contributed by atoms with E-state index in [4.69, 9.17) is 4.74 Å².